The summed E-state index contributed by atoms with van der Waals surface area (Å²) in [7, 11) is -3.51. The number of sulfonamides is 1. The standard InChI is InChI=1S/C22H23ClN2O3S/c23-16-6-4-15(5-7-16)22-19-3-1-2-18(19)20-14-17(8-9-21(20)24-22)29(26,27)25-10-12-28-13-11-25/h1-2,4-9,14,18-19,22,24H,3,10-13H2. The lowest BCUT2D eigenvalue weighted by molar-refractivity contribution is 0.0730. The number of nitrogens with zero attached hydrogens (tertiary/aromatic N) is 1. The predicted octanol–water partition coefficient (Wildman–Crippen LogP) is 4.19. The molecule has 1 N–H and O–H groups in total. The largest absolute Gasteiger partial charge is 0.379 e. The van der Waals surface area contributed by atoms with E-state index in [1.165, 1.54) is 9.87 Å². The van der Waals surface area contributed by atoms with Gasteiger partial charge in [0.1, 0.15) is 0 Å². The third-order valence-electron chi connectivity index (χ3n) is 6.17. The molecular weight excluding hydrogens is 408 g/mol. The molecule has 0 saturated carbocycles. The van der Waals surface area contributed by atoms with Crippen LogP contribution in [-0.2, 0) is 14.8 Å². The van der Waals surface area contributed by atoms with Crippen LogP contribution in [-0.4, -0.2) is 39.0 Å². The van der Waals surface area contributed by atoms with Crippen molar-refractivity contribution < 1.29 is 13.2 Å². The van der Waals surface area contributed by atoms with Crippen LogP contribution >= 0.6 is 11.6 Å². The normalized spacial score (nSPS) is 26.6. The first kappa shape index (κ1) is 19.1. The minimum Gasteiger partial charge on any atom is -0.379 e. The quantitative estimate of drug-likeness (QED) is 0.742. The maximum absolute atomic E-state index is 13.1. The molecule has 3 unspecified atom stereocenters. The molecule has 7 heteroatoms. The first-order chi connectivity index (χ1) is 14.0. The van der Waals surface area contributed by atoms with E-state index in [-0.39, 0.29) is 12.0 Å². The number of allylic oxidation sites excluding steroid dienone is 2. The Balaban J connectivity index is 1.51. The SMILES string of the molecule is O=S(=O)(c1ccc2c(c1)C1C=CCC1C(c1ccc(Cl)cc1)N2)N1CCOCC1. The molecule has 0 aromatic heterocycles. The summed E-state index contributed by atoms with van der Waals surface area (Å²) in [5, 5.41) is 4.38. The molecule has 0 amide bonds. The second-order valence-electron chi connectivity index (χ2n) is 7.79. The number of anilines is 1. The van der Waals surface area contributed by atoms with Gasteiger partial charge in [-0.05, 0) is 53.8 Å². The van der Waals surface area contributed by atoms with Crippen LogP contribution < -0.4 is 5.32 Å². The van der Waals surface area contributed by atoms with Crippen LogP contribution in [0.1, 0.15) is 29.5 Å². The van der Waals surface area contributed by atoms with Gasteiger partial charge in [0.05, 0.1) is 24.2 Å². The monoisotopic (exact) mass is 430 g/mol. The Morgan fingerprint density at radius 2 is 1.83 bits per heavy atom. The second kappa shape index (κ2) is 7.43. The number of hydrogen-bond acceptors (Lipinski definition) is 4. The molecule has 1 saturated heterocycles. The van der Waals surface area contributed by atoms with Crippen LogP contribution in [0, 0.1) is 5.92 Å². The fourth-order valence-electron chi connectivity index (χ4n) is 4.67. The van der Waals surface area contributed by atoms with Crippen molar-refractivity contribution in [3.63, 3.8) is 0 Å². The topological polar surface area (TPSA) is 58.6 Å². The number of fused-ring (bicyclic) bond motifs is 3. The minimum absolute atomic E-state index is 0.168. The Morgan fingerprint density at radius 3 is 2.59 bits per heavy atom. The van der Waals surface area contributed by atoms with Crippen molar-refractivity contribution >= 4 is 27.3 Å². The zero-order valence-electron chi connectivity index (χ0n) is 15.9. The molecule has 5 rings (SSSR count). The number of ether oxygens (including phenoxy) is 1. The van der Waals surface area contributed by atoms with Crippen molar-refractivity contribution in [2.24, 2.45) is 5.92 Å². The molecule has 3 atom stereocenters. The molecule has 29 heavy (non-hydrogen) atoms. The molecule has 2 aromatic carbocycles. The highest BCUT2D eigenvalue weighted by Crippen LogP contribution is 2.50. The molecular formula is C22H23ClN2O3S. The fourth-order valence-corrected chi connectivity index (χ4v) is 6.24. The van der Waals surface area contributed by atoms with Crippen LogP contribution in [0.15, 0.2) is 59.5 Å². The Labute approximate surface area is 176 Å². The summed E-state index contributed by atoms with van der Waals surface area (Å²) in [6.45, 7) is 1.70. The average molecular weight is 431 g/mol. The molecule has 1 fully saturated rings. The maximum Gasteiger partial charge on any atom is 0.243 e. The Morgan fingerprint density at radius 1 is 1.07 bits per heavy atom. The van der Waals surface area contributed by atoms with E-state index in [4.69, 9.17) is 16.3 Å². The third-order valence-corrected chi connectivity index (χ3v) is 8.32. The highest BCUT2D eigenvalue weighted by atomic mass is 35.5. The lowest BCUT2D eigenvalue weighted by atomic mass is 9.77. The van der Waals surface area contributed by atoms with Gasteiger partial charge in [0.25, 0.3) is 0 Å². The van der Waals surface area contributed by atoms with E-state index >= 15 is 0 Å². The second-order valence-corrected chi connectivity index (χ2v) is 10.2. The molecule has 0 spiro atoms. The number of nitrogens with one attached hydrogen (secondary N) is 1. The van der Waals surface area contributed by atoms with Gasteiger partial charge in [0.2, 0.25) is 10.0 Å². The number of morpholine rings is 1. The predicted molar refractivity (Wildman–Crippen MR) is 114 cm³/mol. The summed E-state index contributed by atoms with van der Waals surface area (Å²) >= 11 is 6.07. The van der Waals surface area contributed by atoms with Crippen molar-refractivity contribution in [1.82, 2.24) is 4.31 Å². The Bertz CT molecular complexity index is 1050. The van der Waals surface area contributed by atoms with Gasteiger partial charge in [-0.1, -0.05) is 35.9 Å². The van der Waals surface area contributed by atoms with Gasteiger partial charge >= 0.3 is 0 Å². The van der Waals surface area contributed by atoms with E-state index in [1.54, 1.807) is 6.07 Å². The lowest BCUT2D eigenvalue weighted by Gasteiger charge is -2.38. The summed E-state index contributed by atoms with van der Waals surface area (Å²) in [6, 6.07) is 13.6. The number of hydrogen-bond donors (Lipinski definition) is 1. The maximum atomic E-state index is 13.1. The third kappa shape index (κ3) is 3.38. The van der Waals surface area contributed by atoms with Crippen molar-refractivity contribution in [3.05, 3.63) is 70.8 Å². The summed E-state index contributed by atoms with van der Waals surface area (Å²) in [5.74, 6) is 0.553. The van der Waals surface area contributed by atoms with E-state index in [9.17, 15) is 8.42 Å². The smallest absolute Gasteiger partial charge is 0.243 e. The van der Waals surface area contributed by atoms with Gasteiger partial charge in [-0.2, -0.15) is 4.31 Å². The first-order valence-electron chi connectivity index (χ1n) is 9.94. The number of halogens is 1. The first-order valence-corrected chi connectivity index (χ1v) is 11.8. The zero-order chi connectivity index (χ0) is 20.0. The zero-order valence-corrected chi connectivity index (χ0v) is 17.5. The minimum atomic E-state index is -3.51. The van der Waals surface area contributed by atoms with Crippen molar-refractivity contribution in [2.75, 3.05) is 31.6 Å². The van der Waals surface area contributed by atoms with Crippen LogP contribution in [0.25, 0.3) is 0 Å². The molecule has 2 aliphatic heterocycles. The molecule has 5 nitrogen and oxygen atoms in total. The van der Waals surface area contributed by atoms with Crippen LogP contribution in [0.3, 0.4) is 0 Å². The molecule has 0 bridgehead atoms. The van der Waals surface area contributed by atoms with Crippen molar-refractivity contribution in [3.8, 4) is 0 Å². The van der Waals surface area contributed by atoms with Crippen LogP contribution in [0.2, 0.25) is 5.02 Å². The number of benzene rings is 2. The molecule has 3 aliphatic rings. The summed E-state index contributed by atoms with van der Waals surface area (Å²) in [5.41, 5.74) is 3.26. The molecule has 0 radical (unpaired) electrons. The molecule has 152 valence electrons. The number of rotatable bonds is 3. The van der Waals surface area contributed by atoms with E-state index in [2.05, 4.69) is 29.6 Å². The lowest BCUT2D eigenvalue weighted by Crippen LogP contribution is -2.40. The molecule has 2 heterocycles. The van der Waals surface area contributed by atoms with Gasteiger partial charge < -0.3 is 10.1 Å². The van der Waals surface area contributed by atoms with Gasteiger partial charge in [-0.25, -0.2) is 8.42 Å². The molecule has 2 aromatic rings. The van der Waals surface area contributed by atoms with E-state index in [0.717, 1.165) is 22.7 Å². The van der Waals surface area contributed by atoms with Gasteiger partial charge in [-0.3, -0.25) is 0 Å². The fraction of sp³-hybridized carbons (Fsp3) is 0.364. The average Bonchev–Trinajstić information content (AvgIpc) is 3.24. The van der Waals surface area contributed by atoms with Gasteiger partial charge in [0.15, 0.2) is 0 Å². The van der Waals surface area contributed by atoms with E-state index < -0.39 is 10.0 Å². The van der Waals surface area contributed by atoms with Crippen molar-refractivity contribution in [1.29, 1.82) is 0 Å². The summed E-state index contributed by atoms with van der Waals surface area (Å²) in [4.78, 5) is 0.365. The van der Waals surface area contributed by atoms with E-state index in [0.29, 0.717) is 37.1 Å². The van der Waals surface area contributed by atoms with Crippen molar-refractivity contribution in [2.45, 2.75) is 23.3 Å². The van der Waals surface area contributed by atoms with Gasteiger partial charge in [-0.15, -0.1) is 0 Å². The summed E-state index contributed by atoms with van der Waals surface area (Å²) < 4.78 is 33.0. The van der Waals surface area contributed by atoms with Crippen LogP contribution in [0.5, 0.6) is 0 Å². The Hall–Kier alpha value is -1.86. The highest BCUT2D eigenvalue weighted by molar-refractivity contribution is 7.89. The van der Waals surface area contributed by atoms with E-state index in [1.807, 2.05) is 24.3 Å². The van der Waals surface area contributed by atoms with Crippen LogP contribution in [0.4, 0.5) is 5.69 Å². The molecule has 1 aliphatic carbocycles. The summed E-state index contributed by atoms with van der Waals surface area (Å²) in [6.07, 6.45) is 5.39. The highest BCUT2D eigenvalue weighted by Gasteiger charge is 2.39. The van der Waals surface area contributed by atoms with Gasteiger partial charge in [0, 0.05) is 29.7 Å². The Kier molecular flexibility index (Phi) is 4.90.